The number of alkyl halides is 3. The van der Waals surface area contributed by atoms with E-state index in [1.165, 1.54) is 18.2 Å². The van der Waals surface area contributed by atoms with Crippen LogP contribution in [0.1, 0.15) is 42.7 Å². The number of aromatic amines is 1. The molecule has 0 radical (unpaired) electrons. The molecule has 6 rings (SSSR count). The molecule has 0 spiro atoms. The smallest absolute Gasteiger partial charge is 0.381 e. The number of hydrogen-bond acceptors (Lipinski definition) is 7. The first-order chi connectivity index (χ1) is 22.5. The summed E-state index contributed by atoms with van der Waals surface area (Å²) in [5.41, 5.74) is 1.09. The third-order valence-electron chi connectivity index (χ3n) is 8.58. The highest BCUT2D eigenvalue weighted by atomic mass is 32.2. The minimum atomic E-state index is -5.29. The lowest BCUT2D eigenvalue weighted by atomic mass is 9.89. The molecule has 0 aliphatic carbocycles. The number of benzene rings is 2. The zero-order valence-electron chi connectivity index (χ0n) is 25.4. The van der Waals surface area contributed by atoms with Gasteiger partial charge in [-0.1, -0.05) is 6.07 Å². The van der Waals surface area contributed by atoms with Gasteiger partial charge in [-0.25, -0.2) is 13.8 Å². The number of nitrogens with one attached hydrogen (secondary N) is 2. The number of ether oxygens (including phenoxy) is 1. The van der Waals surface area contributed by atoms with Crippen molar-refractivity contribution in [2.24, 2.45) is 0 Å². The number of pyridine rings is 1. The number of piperidine rings is 1. The van der Waals surface area contributed by atoms with Crippen LogP contribution in [0.3, 0.4) is 0 Å². The van der Waals surface area contributed by atoms with Crippen molar-refractivity contribution in [2.75, 3.05) is 43.6 Å². The molecule has 2 fully saturated rings. The van der Waals surface area contributed by atoms with Crippen LogP contribution in [-0.2, 0) is 26.1 Å². The van der Waals surface area contributed by atoms with E-state index < -0.39 is 46.1 Å². The van der Waals surface area contributed by atoms with Gasteiger partial charge in [-0.05, 0) is 99.8 Å². The number of carbonyl (C=O) groups is 1. The molecule has 47 heavy (non-hydrogen) atoms. The van der Waals surface area contributed by atoms with Crippen molar-refractivity contribution in [3.8, 4) is 0 Å². The molecule has 2 aliphatic rings. The SMILES string of the molecule is CN1CCC(c2ccc(N(C(=O)C(F)(F)F)c3n[nH]c4ccc(S(=O)Cc5cc(F)ccc5F)nc34)c(NC3CCOCC3)c2)CC1. The number of hydrogen-bond donors (Lipinski definition) is 2. The van der Waals surface area contributed by atoms with Crippen molar-refractivity contribution in [1.29, 1.82) is 0 Å². The van der Waals surface area contributed by atoms with Crippen molar-refractivity contribution >= 4 is 44.9 Å². The summed E-state index contributed by atoms with van der Waals surface area (Å²) in [6.45, 7) is 2.74. The Morgan fingerprint density at radius 2 is 1.81 bits per heavy atom. The molecular weight excluding hydrogens is 643 g/mol. The minimum absolute atomic E-state index is 0.0703. The normalized spacial score (nSPS) is 17.6. The highest BCUT2D eigenvalue weighted by Crippen LogP contribution is 2.41. The lowest BCUT2D eigenvalue weighted by Gasteiger charge is -2.32. The number of fused-ring (bicyclic) bond motifs is 1. The summed E-state index contributed by atoms with van der Waals surface area (Å²) < 4.78 is 89.6. The molecule has 0 bridgehead atoms. The summed E-state index contributed by atoms with van der Waals surface area (Å²) in [5.74, 6) is -4.36. The first-order valence-corrected chi connectivity index (χ1v) is 16.6. The second-order valence-electron chi connectivity index (χ2n) is 11.8. The number of amides is 1. The van der Waals surface area contributed by atoms with Crippen molar-refractivity contribution in [3.05, 3.63) is 71.3 Å². The number of aromatic nitrogens is 3. The van der Waals surface area contributed by atoms with E-state index in [9.17, 15) is 31.0 Å². The molecule has 15 heteroatoms. The molecule has 2 N–H and O–H groups in total. The monoisotopic (exact) mass is 676 g/mol. The summed E-state index contributed by atoms with van der Waals surface area (Å²) in [7, 11) is 0.0250. The Morgan fingerprint density at radius 1 is 1.06 bits per heavy atom. The van der Waals surface area contributed by atoms with Gasteiger partial charge < -0.3 is 15.0 Å². The lowest BCUT2D eigenvalue weighted by molar-refractivity contribution is -0.169. The fourth-order valence-corrected chi connectivity index (χ4v) is 7.05. The van der Waals surface area contributed by atoms with Crippen LogP contribution in [0.2, 0.25) is 0 Å². The number of H-pyrrole nitrogens is 1. The van der Waals surface area contributed by atoms with E-state index >= 15 is 0 Å². The predicted octanol–water partition coefficient (Wildman–Crippen LogP) is 6.17. The molecule has 0 saturated carbocycles. The quantitative estimate of drug-likeness (QED) is 0.215. The van der Waals surface area contributed by atoms with E-state index in [-0.39, 0.29) is 39.3 Å². The van der Waals surface area contributed by atoms with Crippen LogP contribution in [0.25, 0.3) is 11.0 Å². The van der Waals surface area contributed by atoms with Crippen LogP contribution in [0.5, 0.6) is 0 Å². The topological polar surface area (TPSA) is 103 Å². The fourth-order valence-electron chi connectivity index (χ4n) is 5.99. The fraction of sp³-hybridized carbons (Fsp3) is 0.406. The van der Waals surface area contributed by atoms with Crippen molar-refractivity contribution < 1.29 is 35.7 Å². The number of carbonyl (C=O) groups excluding carboxylic acids is 1. The molecule has 2 aromatic carbocycles. The van der Waals surface area contributed by atoms with Gasteiger partial charge in [-0.2, -0.15) is 18.3 Å². The van der Waals surface area contributed by atoms with Gasteiger partial charge in [0, 0.05) is 24.8 Å². The summed E-state index contributed by atoms with van der Waals surface area (Å²) >= 11 is 0. The van der Waals surface area contributed by atoms with E-state index in [2.05, 4.69) is 25.4 Å². The number of nitrogens with zero attached hydrogens (tertiary/aromatic N) is 4. The van der Waals surface area contributed by atoms with Crippen LogP contribution in [0.15, 0.2) is 53.6 Å². The Bertz CT molecular complexity index is 1790. The van der Waals surface area contributed by atoms with Gasteiger partial charge in [0.05, 0.1) is 33.4 Å². The molecule has 2 aromatic heterocycles. The average Bonchev–Trinajstić information content (AvgIpc) is 3.47. The average molecular weight is 677 g/mol. The molecule has 9 nitrogen and oxygen atoms in total. The van der Waals surface area contributed by atoms with Gasteiger partial charge in [0.1, 0.15) is 22.2 Å². The van der Waals surface area contributed by atoms with E-state index in [1.807, 2.05) is 13.1 Å². The van der Waals surface area contributed by atoms with Crippen LogP contribution in [0.4, 0.5) is 39.1 Å². The molecule has 2 saturated heterocycles. The Labute approximate surface area is 269 Å². The highest BCUT2D eigenvalue weighted by molar-refractivity contribution is 7.84. The minimum Gasteiger partial charge on any atom is -0.381 e. The van der Waals surface area contributed by atoms with E-state index in [1.54, 1.807) is 6.07 Å². The zero-order chi connectivity index (χ0) is 33.3. The molecule has 250 valence electrons. The molecule has 1 unspecified atom stereocenters. The second kappa shape index (κ2) is 13.6. The molecule has 4 aromatic rings. The van der Waals surface area contributed by atoms with Crippen molar-refractivity contribution in [1.82, 2.24) is 20.1 Å². The Balaban J connectivity index is 1.43. The molecule has 2 aliphatic heterocycles. The molecule has 1 amide bonds. The summed E-state index contributed by atoms with van der Waals surface area (Å²) in [4.78, 5) is 20.3. The Morgan fingerprint density at radius 3 is 2.53 bits per heavy atom. The molecule has 1 atom stereocenters. The number of rotatable bonds is 8. The first kappa shape index (κ1) is 33.0. The van der Waals surface area contributed by atoms with E-state index in [0.717, 1.165) is 49.7 Å². The number of halogens is 5. The van der Waals surface area contributed by atoms with Gasteiger partial charge in [0.2, 0.25) is 0 Å². The zero-order valence-corrected chi connectivity index (χ0v) is 26.3. The van der Waals surface area contributed by atoms with Crippen LogP contribution < -0.4 is 10.2 Å². The maximum Gasteiger partial charge on any atom is 0.472 e. The van der Waals surface area contributed by atoms with Crippen LogP contribution >= 0.6 is 0 Å². The van der Waals surface area contributed by atoms with Crippen LogP contribution in [-0.4, -0.2) is 75.8 Å². The standard InChI is InChI=1S/C32H33F5N6O3S/c1-42-12-8-19(9-13-42)20-2-6-27(26(17-20)38-23-10-14-46-15-11-23)43(31(44)32(35,36)37)30-29-25(40-41-30)5-7-28(39-29)47(45)18-21-16-22(33)3-4-24(21)34/h2-7,16-17,19,23,38H,8-15,18H2,1H3,(H,40,41). The summed E-state index contributed by atoms with van der Waals surface area (Å²) in [6.07, 6.45) is -2.28. The maximum atomic E-state index is 14.3. The van der Waals surface area contributed by atoms with E-state index in [0.29, 0.717) is 36.6 Å². The first-order valence-electron chi connectivity index (χ1n) is 15.2. The largest absolute Gasteiger partial charge is 0.472 e. The number of anilines is 3. The maximum absolute atomic E-state index is 14.3. The van der Waals surface area contributed by atoms with Gasteiger partial charge >= 0.3 is 12.1 Å². The second-order valence-corrected chi connectivity index (χ2v) is 13.2. The van der Waals surface area contributed by atoms with Crippen LogP contribution in [0, 0.1) is 11.6 Å². The van der Waals surface area contributed by atoms with Gasteiger partial charge in [-0.3, -0.25) is 19.0 Å². The van der Waals surface area contributed by atoms with E-state index in [4.69, 9.17) is 4.74 Å². The van der Waals surface area contributed by atoms with Gasteiger partial charge in [0.15, 0.2) is 5.82 Å². The summed E-state index contributed by atoms with van der Waals surface area (Å²) in [5, 5.41) is 9.97. The lowest BCUT2D eigenvalue weighted by Crippen LogP contribution is -2.39. The van der Waals surface area contributed by atoms with Gasteiger partial charge in [0.25, 0.3) is 0 Å². The Kier molecular flexibility index (Phi) is 9.58. The molecular formula is C32H33F5N6O3S. The molecule has 4 heterocycles. The predicted molar refractivity (Wildman–Crippen MR) is 167 cm³/mol. The summed E-state index contributed by atoms with van der Waals surface area (Å²) in [6, 6.07) is 10.5. The number of likely N-dealkylation sites (tertiary alicyclic amines) is 1. The van der Waals surface area contributed by atoms with Crippen molar-refractivity contribution in [2.45, 2.75) is 54.6 Å². The Hall–Kier alpha value is -3.95. The van der Waals surface area contributed by atoms with Gasteiger partial charge in [-0.15, -0.1) is 0 Å². The van der Waals surface area contributed by atoms with Crippen molar-refractivity contribution in [3.63, 3.8) is 0 Å². The third-order valence-corrected chi connectivity index (χ3v) is 9.85. The third kappa shape index (κ3) is 7.31. The highest BCUT2D eigenvalue weighted by Gasteiger charge is 2.46.